The van der Waals surface area contributed by atoms with Crippen LogP contribution in [0, 0.1) is 6.92 Å². The number of sulfonamides is 1. The van der Waals surface area contributed by atoms with Gasteiger partial charge < -0.3 is 5.73 Å². The highest BCUT2D eigenvalue weighted by Gasteiger charge is 2.19. The second-order valence-electron chi connectivity index (χ2n) is 2.57. The molecular weight excluding hydrogens is 222 g/mol. The lowest BCUT2D eigenvalue weighted by Gasteiger charge is -2.01. The highest BCUT2D eigenvalue weighted by Crippen LogP contribution is 2.24. The second-order valence-corrected chi connectivity index (χ2v) is 5.56. The maximum atomic E-state index is 11.6. The molecule has 0 aliphatic carbocycles. The molecule has 1 aromatic heterocycles. The topological polar surface area (TPSA) is 85.1 Å². The Morgan fingerprint density at radius 2 is 2.36 bits per heavy atom. The molecule has 78 valence electrons. The van der Waals surface area contributed by atoms with E-state index in [0.717, 1.165) is 11.3 Å². The Kier molecular flexibility index (Phi) is 3.25. The molecule has 3 N–H and O–H groups in total. The Bertz CT molecular complexity index is 436. The van der Waals surface area contributed by atoms with Crippen LogP contribution in [0.2, 0.25) is 0 Å². The molecule has 0 amide bonds. The number of hydrogen-bond donors (Lipinski definition) is 2. The van der Waals surface area contributed by atoms with Gasteiger partial charge in [-0.25, -0.2) is 18.1 Å². The van der Waals surface area contributed by atoms with Crippen LogP contribution >= 0.6 is 11.3 Å². The van der Waals surface area contributed by atoms with E-state index in [2.05, 4.69) is 16.3 Å². The Morgan fingerprint density at radius 1 is 1.71 bits per heavy atom. The first-order valence-corrected chi connectivity index (χ1v) is 6.11. The first-order chi connectivity index (χ1) is 6.47. The number of nitrogen functional groups attached to an aromatic ring is 1. The van der Waals surface area contributed by atoms with Crippen molar-refractivity contribution in [2.45, 2.75) is 11.1 Å². The summed E-state index contributed by atoms with van der Waals surface area (Å²) in [4.78, 5) is 3.84. The van der Waals surface area contributed by atoms with Crippen LogP contribution in [0.1, 0.15) is 5.69 Å². The number of hydrogen-bond acceptors (Lipinski definition) is 5. The molecule has 0 radical (unpaired) electrons. The summed E-state index contributed by atoms with van der Waals surface area (Å²) < 4.78 is 25.7. The van der Waals surface area contributed by atoms with Crippen molar-refractivity contribution in [1.29, 1.82) is 0 Å². The molecule has 1 aromatic rings. The number of anilines is 1. The van der Waals surface area contributed by atoms with Gasteiger partial charge in [-0.1, -0.05) is 17.4 Å². The summed E-state index contributed by atoms with van der Waals surface area (Å²) in [6.07, 6.45) is 1.47. The monoisotopic (exact) mass is 233 g/mol. The molecule has 0 aliphatic rings. The van der Waals surface area contributed by atoms with Gasteiger partial charge >= 0.3 is 0 Å². The van der Waals surface area contributed by atoms with E-state index in [1.807, 2.05) is 0 Å². The van der Waals surface area contributed by atoms with E-state index >= 15 is 0 Å². The highest BCUT2D eigenvalue weighted by molar-refractivity contribution is 7.91. The number of thiazole rings is 1. The predicted octanol–water partition coefficient (Wildman–Crippen LogP) is 0.498. The summed E-state index contributed by atoms with van der Waals surface area (Å²) in [6.45, 7) is 5.22. The van der Waals surface area contributed by atoms with Crippen molar-refractivity contribution in [2.24, 2.45) is 0 Å². The fourth-order valence-electron chi connectivity index (χ4n) is 0.886. The van der Waals surface area contributed by atoms with E-state index < -0.39 is 10.0 Å². The van der Waals surface area contributed by atoms with Crippen LogP contribution in [0.4, 0.5) is 5.13 Å². The van der Waals surface area contributed by atoms with Crippen LogP contribution in [0.5, 0.6) is 0 Å². The molecular formula is C7H11N3O2S2. The number of rotatable bonds is 4. The zero-order valence-electron chi connectivity index (χ0n) is 7.65. The third-order valence-electron chi connectivity index (χ3n) is 1.43. The van der Waals surface area contributed by atoms with Crippen molar-refractivity contribution in [3.05, 3.63) is 18.3 Å². The smallest absolute Gasteiger partial charge is 0.252 e. The van der Waals surface area contributed by atoms with Crippen LogP contribution in [-0.4, -0.2) is 19.9 Å². The Labute approximate surface area is 86.7 Å². The fourth-order valence-corrected chi connectivity index (χ4v) is 3.23. The van der Waals surface area contributed by atoms with Crippen LogP contribution < -0.4 is 10.5 Å². The number of nitrogens with two attached hydrogens (primary N) is 1. The van der Waals surface area contributed by atoms with Crippen LogP contribution in [0.3, 0.4) is 0 Å². The quantitative estimate of drug-likeness (QED) is 0.741. The van der Waals surface area contributed by atoms with E-state index in [1.54, 1.807) is 6.92 Å². The van der Waals surface area contributed by atoms with Crippen LogP contribution in [0.25, 0.3) is 0 Å². The van der Waals surface area contributed by atoms with Gasteiger partial charge in [-0.3, -0.25) is 0 Å². The maximum Gasteiger partial charge on any atom is 0.252 e. The Balaban J connectivity index is 3.03. The third-order valence-corrected chi connectivity index (χ3v) is 4.45. The van der Waals surface area contributed by atoms with Crippen molar-refractivity contribution >= 4 is 26.5 Å². The summed E-state index contributed by atoms with van der Waals surface area (Å²) >= 11 is 0.954. The molecule has 1 rings (SSSR count). The number of nitrogens with zero attached hydrogens (tertiary/aromatic N) is 1. The molecule has 0 aliphatic heterocycles. The molecule has 0 fully saturated rings. The summed E-state index contributed by atoms with van der Waals surface area (Å²) in [5, 5.41) is 0.251. The van der Waals surface area contributed by atoms with Crippen molar-refractivity contribution in [2.75, 3.05) is 12.3 Å². The van der Waals surface area contributed by atoms with Gasteiger partial charge in [0.25, 0.3) is 10.0 Å². The zero-order valence-corrected chi connectivity index (χ0v) is 9.28. The van der Waals surface area contributed by atoms with E-state index in [-0.39, 0.29) is 15.9 Å². The van der Waals surface area contributed by atoms with Crippen molar-refractivity contribution in [3.63, 3.8) is 0 Å². The summed E-state index contributed by atoms with van der Waals surface area (Å²) in [5.41, 5.74) is 5.82. The lowest BCUT2D eigenvalue weighted by Crippen LogP contribution is -2.23. The van der Waals surface area contributed by atoms with Gasteiger partial charge in [0.15, 0.2) is 9.34 Å². The van der Waals surface area contributed by atoms with Crippen molar-refractivity contribution < 1.29 is 8.42 Å². The molecule has 7 heteroatoms. The van der Waals surface area contributed by atoms with Crippen molar-refractivity contribution in [3.8, 4) is 0 Å². The summed E-state index contributed by atoms with van der Waals surface area (Å²) in [5.74, 6) is 0. The lowest BCUT2D eigenvalue weighted by atomic mass is 10.6. The van der Waals surface area contributed by atoms with E-state index in [9.17, 15) is 8.42 Å². The summed E-state index contributed by atoms with van der Waals surface area (Å²) in [6, 6.07) is 0. The molecule has 0 saturated carbocycles. The predicted molar refractivity (Wildman–Crippen MR) is 56.6 cm³/mol. The first kappa shape index (κ1) is 11.2. The molecule has 14 heavy (non-hydrogen) atoms. The normalized spacial score (nSPS) is 11.5. The van der Waals surface area contributed by atoms with Crippen molar-refractivity contribution in [1.82, 2.24) is 9.71 Å². The average Bonchev–Trinajstić information content (AvgIpc) is 2.42. The molecule has 5 nitrogen and oxygen atoms in total. The van der Waals surface area contributed by atoms with E-state index in [1.165, 1.54) is 6.08 Å². The van der Waals surface area contributed by atoms with Crippen LogP contribution in [-0.2, 0) is 10.0 Å². The Morgan fingerprint density at radius 3 is 2.79 bits per heavy atom. The largest absolute Gasteiger partial charge is 0.375 e. The van der Waals surface area contributed by atoms with Gasteiger partial charge in [0.1, 0.15) is 0 Å². The third kappa shape index (κ3) is 2.31. The van der Waals surface area contributed by atoms with Crippen LogP contribution in [0.15, 0.2) is 16.9 Å². The lowest BCUT2D eigenvalue weighted by molar-refractivity contribution is 0.587. The minimum Gasteiger partial charge on any atom is -0.375 e. The number of nitrogens with one attached hydrogen (secondary N) is 1. The SMILES string of the molecule is C=CCNS(=O)(=O)c1sc(N)nc1C. The molecule has 0 bridgehead atoms. The molecule has 1 heterocycles. The first-order valence-electron chi connectivity index (χ1n) is 3.81. The highest BCUT2D eigenvalue weighted by atomic mass is 32.2. The zero-order chi connectivity index (χ0) is 10.8. The average molecular weight is 233 g/mol. The Hall–Kier alpha value is -0.920. The minimum absolute atomic E-state index is 0.164. The van der Waals surface area contributed by atoms with E-state index in [0.29, 0.717) is 5.69 Å². The van der Waals surface area contributed by atoms with Gasteiger partial charge in [-0.15, -0.1) is 6.58 Å². The number of aromatic nitrogens is 1. The molecule has 0 saturated heterocycles. The number of aryl methyl sites for hydroxylation is 1. The van der Waals surface area contributed by atoms with Gasteiger partial charge in [0, 0.05) is 6.54 Å². The standard InChI is InChI=1S/C7H11N3O2S2/c1-3-4-9-14(11,12)6-5(2)10-7(8)13-6/h3,9H,1,4H2,2H3,(H2,8,10). The minimum atomic E-state index is -3.48. The molecule has 0 unspecified atom stereocenters. The fraction of sp³-hybridized carbons (Fsp3) is 0.286. The summed E-state index contributed by atoms with van der Waals surface area (Å²) in [7, 11) is -3.48. The molecule has 0 aromatic carbocycles. The molecule has 0 spiro atoms. The van der Waals surface area contributed by atoms with Gasteiger partial charge in [0.2, 0.25) is 0 Å². The van der Waals surface area contributed by atoms with E-state index in [4.69, 9.17) is 5.73 Å². The van der Waals surface area contributed by atoms with Gasteiger partial charge in [0.05, 0.1) is 5.69 Å². The maximum absolute atomic E-state index is 11.6. The van der Waals surface area contributed by atoms with Gasteiger partial charge in [-0.2, -0.15) is 0 Å². The molecule has 0 atom stereocenters. The van der Waals surface area contributed by atoms with Gasteiger partial charge in [-0.05, 0) is 6.92 Å². The second kappa shape index (κ2) is 4.07.